The van der Waals surface area contributed by atoms with Crippen LogP contribution in [0.5, 0.6) is 0 Å². The zero-order valence-electron chi connectivity index (χ0n) is 11.7. The Hall–Kier alpha value is -0.860. The predicted octanol–water partition coefficient (Wildman–Crippen LogP) is 3.20. The fourth-order valence-electron chi connectivity index (χ4n) is 2.85. The molecule has 0 saturated carbocycles. The van der Waals surface area contributed by atoms with E-state index in [1.54, 1.807) is 0 Å². The van der Waals surface area contributed by atoms with Crippen LogP contribution < -0.4 is 5.73 Å². The van der Waals surface area contributed by atoms with Gasteiger partial charge in [-0.25, -0.2) is 0 Å². The number of nitrogens with two attached hydrogens (primary N) is 1. The van der Waals surface area contributed by atoms with Crippen LogP contribution in [-0.2, 0) is 0 Å². The molecule has 1 aromatic carbocycles. The van der Waals surface area contributed by atoms with Gasteiger partial charge in [0, 0.05) is 25.2 Å². The number of piperidine rings is 1. The molecule has 1 heterocycles. The summed E-state index contributed by atoms with van der Waals surface area (Å²) in [6.07, 6.45) is 3.52. The third-order valence-corrected chi connectivity index (χ3v) is 3.89. The Labute approximate surface area is 111 Å². The van der Waals surface area contributed by atoms with Crippen molar-refractivity contribution >= 4 is 0 Å². The predicted molar refractivity (Wildman–Crippen MR) is 77.4 cm³/mol. The lowest BCUT2D eigenvalue weighted by atomic mass is 9.93. The molecule has 2 nitrogen and oxygen atoms in total. The summed E-state index contributed by atoms with van der Waals surface area (Å²) < 4.78 is 0. The molecule has 1 unspecified atom stereocenters. The molecule has 100 valence electrons. The molecule has 0 spiro atoms. The first-order valence-electron chi connectivity index (χ1n) is 7.21. The van der Waals surface area contributed by atoms with Crippen molar-refractivity contribution in [1.82, 2.24) is 4.90 Å². The highest BCUT2D eigenvalue weighted by Gasteiger charge is 2.25. The highest BCUT2D eigenvalue weighted by atomic mass is 15.2. The first-order chi connectivity index (χ1) is 8.66. The molecule has 1 aliphatic heterocycles. The Balaban J connectivity index is 2.10. The van der Waals surface area contributed by atoms with Crippen molar-refractivity contribution in [2.24, 2.45) is 11.7 Å². The maximum atomic E-state index is 6.01. The van der Waals surface area contributed by atoms with Crippen LogP contribution in [0.1, 0.15) is 44.7 Å². The normalized spacial score (nSPS) is 20.2. The lowest BCUT2D eigenvalue weighted by Crippen LogP contribution is -2.41. The van der Waals surface area contributed by atoms with Crippen LogP contribution in [0.25, 0.3) is 0 Å². The van der Waals surface area contributed by atoms with E-state index in [-0.39, 0.29) is 0 Å². The van der Waals surface area contributed by atoms with Gasteiger partial charge in [0.1, 0.15) is 0 Å². The number of nitrogens with zero attached hydrogens (tertiary/aromatic N) is 1. The summed E-state index contributed by atoms with van der Waals surface area (Å²) in [6, 6.07) is 11.9. The lowest BCUT2D eigenvalue weighted by molar-refractivity contribution is 0.136. The molecule has 2 rings (SSSR count). The molecule has 1 saturated heterocycles. The minimum Gasteiger partial charge on any atom is -0.328 e. The Morgan fingerprint density at radius 2 is 1.78 bits per heavy atom. The number of likely N-dealkylation sites (tertiary alicyclic amines) is 1. The fourth-order valence-corrected chi connectivity index (χ4v) is 2.85. The maximum absolute atomic E-state index is 6.01. The van der Waals surface area contributed by atoms with E-state index < -0.39 is 0 Å². The van der Waals surface area contributed by atoms with Gasteiger partial charge in [-0.15, -0.1) is 0 Å². The van der Waals surface area contributed by atoms with Gasteiger partial charge in [0.15, 0.2) is 0 Å². The minimum absolute atomic E-state index is 0.414. The summed E-state index contributed by atoms with van der Waals surface area (Å²) in [5.74, 6) is 0.728. The van der Waals surface area contributed by atoms with E-state index in [1.807, 2.05) is 0 Å². The molecule has 0 aromatic heterocycles. The third-order valence-electron chi connectivity index (χ3n) is 3.89. The first-order valence-corrected chi connectivity index (χ1v) is 7.21. The van der Waals surface area contributed by atoms with Gasteiger partial charge >= 0.3 is 0 Å². The second kappa shape index (κ2) is 6.35. The summed E-state index contributed by atoms with van der Waals surface area (Å²) in [5, 5.41) is 0. The van der Waals surface area contributed by atoms with Crippen LogP contribution in [0, 0.1) is 5.92 Å². The van der Waals surface area contributed by atoms with Gasteiger partial charge in [0.2, 0.25) is 0 Å². The molecule has 0 bridgehead atoms. The molecule has 0 aliphatic carbocycles. The fraction of sp³-hybridized carbons (Fsp3) is 0.625. The lowest BCUT2D eigenvalue weighted by Gasteiger charge is -2.37. The molecule has 0 radical (unpaired) electrons. The largest absolute Gasteiger partial charge is 0.328 e. The van der Waals surface area contributed by atoms with E-state index in [0.717, 1.165) is 31.8 Å². The minimum atomic E-state index is 0.414. The van der Waals surface area contributed by atoms with Crippen molar-refractivity contribution in [3.8, 4) is 0 Å². The van der Waals surface area contributed by atoms with E-state index in [1.165, 1.54) is 12.0 Å². The van der Waals surface area contributed by atoms with E-state index in [4.69, 9.17) is 5.73 Å². The molecule has 1 fully saturated rings. The van der Waals surface area contributed by atoms with Gasteiger partial charge < -0.3 is 5.73 Å². The summed E-state index contributed by atoms with van der Waals surface area (Å²) in [4.78, 5) is 2.62. The topological polar surface area (TPSA) is 29.3 Å². The highest BCUT2D eigenvalue weighted by molar-refractivity contribution is 5.19. The number of rotatable bonds is 4. The molecule has 2 N–H and O–H groups in total. The second-order valence-electron chi connectivity index (χ2n) is 5.93. The monoisotopic (exact) mass is 246 g/mol. The number of benzene rings is 1. The van der Waals surface area contributed by atoms with Crippen molar-refractivity contribution in [2.45, 2.75) is 45.2 Å². The molecule has 1 aliphatic rings. The van der Waals surface area contributed by atoms with Crippen LogP contribution in [0.15, 0.2) is 30.3 Å². The third kappa shape index (κ3) is 3.56. The molecular formula is C16H26N2. The summed E-state index contributed by atoms with van der Waals surface area (Å²) in [6.45, 7) is 6.91. The van der Waals surface area contributed by atoms with E-state index in [9.17, 15) is 0 Å². The standard InChI is InChI=1S/C16H26N2/c1-13(2)12-16(14-6-4-3-5-7-14)18-10-8-15(17)9-11-18/h3-7,13,15-16H,8-12,17H2,1-2H3. The van der Waals surface area contributed by atoms with Crippen LogP contribution in [0.2, 0.25) is 0 Å². The Kier molecular flexibility index (Phi) is 4.79. The smallest absolute Gasteiger partial charge is 0.0350 e. The van der Waals surface area contributed by atoms with E-state index >= 15 is 0 Å². The molecular weight excluding hydrogens is 220 g/mol. The van der Waals surface area contributed by atoms with Crippen molar-refractivity contribution < 1.29 is 0 Å². The Bertz CT molecular complexity index is 339. The van der Waals surface area contributed by atoms with E-state index in [0.29, 0.717) is 12.1 Å². The van der Waals surface area contributed by atoms with Gasteiger partial charge in [0.05, 0.1) is 0 Å². The zero-order valence-corrected chi connectivity index (χ0v) is 11.7. The maximum Gasteiger partial charge on any atom is 0.0350 e. The summed E-state index contributed by atoms with van der Waals surface area (Å²) in [7, 11) is 0. The van der Waals surface area contributed by atoms with Crippen molar-refractivity contribution in [3.05, 3.63) is 35.9 Å². The first kappa shape index (κ1) is 13.6. The molecule has 0 amide bonds. The average molecular weight is 246 g/mol. The van der Waals surface area contributed by atoms with Crippen LogP contribution in [0.3, 0.4) is 0 Å². The molecule has 18 heavy (non-hydrogen) atoms. The second-order valence-corrected chi connectivity index (χ2v) is 5.93. The van der Waals surface area contributed by atoms with Crippen molar-refractivity contribution in [1.29, 1.82) is 0 Å². The van der Waals surface area contributed by atoms with Gasteiger partial charge in [-0.3, -0.25) is 4.90 Å². The SMILES string of the molecule is CC(C)CC(c1ccccc1)N1CCC(N)CC1. The summed E-state index contributed by atoms with van der Waals surface area (Å²) in [5.41, 5.74) is 7.47. The van der Waals surface area contributed by atoms with Crippen molar-refractivity contribution in [3.63, 3.8) is 0 Å². The summed E-state index contributed by atoms with van der Waals surface area (Å²) >= 11 is 0. The zero-order chi connectivity index (χ0) is 13.0. The number of hydrogen-bond donors (Lipinski definition) is 1. The van der Waals surface area contributed by atoms with Gasteiger partial charge in [0.25, 0.3) is 0 Å². The van der Waals surface area contributed by atoms with Crippen LogP contribution in [0.4, 0.5) is 0 Å². The quantitative estimate of drug-likeness (QED) is 0.884. The molecule has 1 aromatic rings. The average Bonchev–Trinajstić information content (AvgIpc) is 2.38. The van der Waals surface area contributed by atoms with Crippen LogP contribution in [-0.4, -0.2) is 24.0 Å². The van der Waals surface area contributed by atoms with Gasteiger partial charge in [-0.05, 0) is 30.7 Å². The molecule has 2 heteroatoms. The van der Waals surface area contributed by atoms with E-state index in [2.05, 4.69) is 49.1 Å². The Morgan fingerprint density at radius 3 is 2.33 bits per heavy atom. The van der Waals surface area contributed by atoms with Gasteiger partial charge in [-0.2, -0.15) is 0 Å². The van der Waals surface area contributed by atoms with Gasteiger partial charge in [-0.1, -0.05) is 44.2 Å². The Morgan fingerprint density at radius 1 is 1.17 bits per heavy atom. The van der Waals surface area contributed by atoms with Crippen molar-refractivity contribution in [2.75, 3.05) is 13.1 Å². The van der Waals surface area contributed by atoms with Crippen LogP contribution >= 0.6 is 0 Å². The number of hydrogen-bond acceptors (Lipinski definition) is 2. The molecule has 1 atom stereocenters. The highest BCUT2D eigenvalue weighted by Crippen LogP contribution is 2.29.